The zero-order valence-corrected chi connectivity index (χ0v) is 16.3. The lowest BCUT2D eigenvalue weighted by Gasteiger charge is -2.25. The van der Waals surface area contributed by atoms with Crippen molar-refractivity contribution < 1.29 is 14.2 Å². The van der Waals surface area contributed by atoms with Gasteiger partial charge in [0, 0.05) is 15.7 Å². The molecule has 1 aliphatic heterocycles. The molecule has 0 radical (unpaired) electrons. The van der Waals surface area contributed by atoms with Gasteiger partial charge in [-0.1, -0.05) is 29.3 Å². The van der Waals surface area contributed by atoms with Crippen LogP contribution >= 0.6 is 15.9 Å². The van der Waals surface area contributed by atoms with Crippen molar-refractivity contribution in [3.63, 3.8) is 0 Å². The summed E-state index contributed by atoms with van der Waals surface area (Å²) in [6.07, 6.45) is 1.71. The van der Waals surface area contributed by atoms with Gasteiger partial charge in [0.15, 0.2) is 11.5 Å². The fraction of sp³-hybridized carbons (Fsp3) is 0.333. The number of hydrogen-bond acceptors (Lipinski definition) is 6. The number of methoxy groups -OCH3 is 2. The van der Waals surface area contributed by atoms with Crippen LogP contribution in [0.2, 0.25) is 0 Å². The number of aromatic nitrogens is 2. The molecule has 1 aromatic carbocycles. The summed E-state index contributed by atoms with van der Waals surface area (Å²) >= 11 is 3.59. The molecule has 0 amide bonds. The molecule has 8 heteroatoms. The lowest BCUT2D eigenvalue weighted by Crippen LogP contribution is -2.21. The van der Waals surface area contributed by atoms with E-state index in [0.29, 0.717) is 23.0 Å². The minimum Gasteiger partial charge on any atom is -0.493 e. The van der Waals surface area contributed by atoms with Gasteiger partial charge < -0.3 is 19.9 Å². The highest BCUT2D eigenvalue weighted by Crippen LogP contribution is 2.47. The monoisotopic (exact) mass is 418 g/mol. The number of nitrogens with zero attached hydrogens (tertiary/aromatic N) is 2. The van der Waals surface area contributed by atoms with Gasteiger partial charge in [0.2, 0.25) is 11.8 Å². The highest BCUT2D eigenvalue weighted by atomic mass is 79.9. The van der Waals surface area contributed by atoms with E-state index in [0.717, 1.165) is 34.1 Å². The van der Waals surface area contributed by atoms with E-state index in [2.05, 4.69) is 39.1 Å². The summed E-state index contributed by atoms with van der Waals surface area (Å²) in [5, 5.41) is 17.0. The number of nitrogens with one attached hydrogen (secondary N) is 1. The SMILES string of the molecule is CCCc1[nH]nc2c1C(c1cc(OC)c(OC)cc1Br)C(C#N)=C(N)O2. The quantitative estimate of drug-likeness (QED) is 0.770. The molecule has 1 unspecified atom stereocenters. The first-order valence-electron chi connectivity index (χ1n) is 8.11. The molecule has 0 spiro atoms. The number of hydrogen-bond donors (Lipinski definition) is 2. The maximum atomic E-state index is 9.73. The predicted octanol–water partition coefficient (Wildman–Crippen LogP) is 3.36. The van der Waals surface area contributed by atoms with Crippen molar-refractivity contribution in [3.8, 4) is 23.4 Å². The van der Waals surface area contributed by atoms with Crippen LogP contribution in [0.1, 0.15) is 36.1 Å². The topological polar surface area (TPSA) is 106 Å². The summed E-state index contributed by atoms with van der Waals surface area (Å²) in [5.74, 6) is 1.19. The van der Waals surface area contributed by atoms with Gasteiger partial charge in [0.1, 0.15) is 11.6 Å². The number of H-pyrrole nitrogens is 1. The smallest absolute Gasteiger partial charge is 0.244 e. The Kier molecular flexibility index (Phi) is 5.09. The maximum Gasteiger partial charge on any atom is 0.244 e. The van der Waals surface area contributed by atoms with Gasteiger partial charge in [-0.05, 0) is 24.1 Å². The van der Waals surface area contributed by atoms with Crippen LogP contribution in [0.3, 0.4) is 0 Å². The first-order chi connectivity index (χ1) is 12.5. The molecule has 0 bridgehead atoms. The second kappa shape index (κ2) is 7.30. The molecule has 0 saturated carbocycles. The van der Waals surface area contributed by atoms with E-state index in [1.165, 1.54) is 0 Å². The van der Waals surface area contributed by atoms with Crippen LogP contribution < -0.4 is 19.9 Å². The number of nitrogens with two attached hydrogens (primary N) is 1. The number of rotatable bonds is 5. The third-order valence-electron chi connectivity index (χ3n) is 4.33. The third-order valence-corrected chi connectivity index (χ3v) is 5.02. The zero-order valence-electron chi connectivity index (χ0n) is 14.7. The van der Waals surface area contributed by atoms with E-state index < -0.39 is 5.92 Å². The van der Waals surface area contributed by atoms with Crippen LogP contribution in [0, 0.1) is 11.3 Å². The summed E-state index contributed by atoms with van der Waals surface area (Å²) in [4.78, 5) is 0. The number of ether oxygens (including phenoxy) is 3. The Hall–Kier alpha value is -2.66. The van der Waals surface area contributed by atoms with Crippen molar-refractivity contribution in [1.29, 1.82) is 5.26 Å². The fourth-order valence-corrected chi connectivity index (χ4v) is 3.70. The van der Waals surface area contributed by atoms with Crippen LogP contribution in [0.15, 0.2) is 28.1 Å². The molecule has 3 rings (SSSR count). The normalized spacial score (nSPS) is 15.9. The molecule has 2 aromatic rings. The predicted molar refractivity (Wildman–Crippen MR) is 99.1 cm³/mol. The summed E-state index contributed by atoms with van der Waals surface area (Å²) < 4.78 is 17.1. The number of benzene rings is 1. The third kappa shape index (κ3) is 2.88. The standard InChI is InChI=1S/C18H19BrN4O3/c1-4-5-12-16-15(10(8-20)17(21)26-18(16)23-22-12)9-6-13(24-2)14(25-3)7-11(9)19/h6-7,15H,4-5,21H2,1-3H3,(H,22,23). The van der Waals surface area contributed by atoms with Gasteiger partial charge in [-0.15, -0.1) is 5.10 Å². The van der Waals surface area contributed by atoms with E-state index in [1.807, 2.05) is 12.1 Å². The summed E-state index contributed by atoms with van der Waals surface area (Å²) in [6.45, 7) is 2.08. The van der Waals surface area contributed by atoms with Crippen molar-refractivity contribution >= 4 is 15.9 Å². The van der Waals surface area contributed by atoms with Crippen LogP contribution in [0.4, 0.5) is 0 Å². The van der Waals surface area contributed by atoms with E-state index in [-0.39, 0.29) is 5.88 Å². The molecular weight excluding hydrogens is 400 g/mol. The second-order valence-corrected chi connectivity index (χ2v) is 6.68. The number of fused-ring (bicyclic) bond motifs is 1. The van der Waals surface area contributed by atoms with Gasteiger partial charge in [0.05, 0.1) is 20.1 Å². The van der Waals surface area contributed by atoms with Crippen LogP contribution in [0.5, 0.6) is 17.4 Å². The van der Waals surface area contributed by atoms with E-state index in [9.17, 15) is 5.26 Å². The Morgan fingerprint density at radius 1 is 1.35 bits per heavy atom. The number of aryl methyl sites for hydroxylation is 1. The average molecular weight is 419 g/mol. The number of halogens is 1. The minimum absolute atomic E-state index is 0.0567. The Bertz CT molecular complexity index is 914. The molecule has 0 aliphatic carbocycles. The number of aromatic amines is 1. The van der Waals surface area contributed by atoms with Crippen LogP contribution in [-0.2, 0) is 6.42 Å². The van der Waals surface area contributed by atoms with Crippen molar-refractivity contribution in [3.05, 3.63) is 44.9 Å². The molecule has 26 heavy (non-hydrogen) atoms. The van der Waals surface area contributed by atoms with Crippen molar-refractivity contribution in [2.24, 2.45) is 5.73 Å². The highest BCUT2D eigenvalue weighted by Gasteiger charge is 2.36. The van der Waals surface area contributed by atoms with E-state index >= 15 is 0 Å². The minimum atomic E-state index is -0.418. The van der Waals surface area contributed by atoms with E-state index in [4.69, 9.17) is 19.9 Å². The van der Waals surface area contributed by atoms with Gasteiger partial charge >= 0.3 is 0 Å². The fourth-order valence-electron chi connectivity index (χ4n) is 3.15. The van der Waals surface area contributed by atoms with Crippen molar-refractivity contribution in [2.45, 2.75) is 25.7 Å². The number of allylic oxidation sites excluding steroid dienone is 1. The van der Waals surface area contributed by atoms with Gasteiger partial charge in [-0.2, -0.15) is 5.26 Å². The summed E-state index contributed by atoms with van der Waals surface area (Å²) in [7, 11) is 3.14. The van der Waals surface area contributed by atoms with Gasteiger partial charge in [-0.25, -0.2) is 0 Å². The Morgan fingerprint density at radius 3 is 2.65 bits per heavy atom. The molecule has 2 heterocycles. The average Bonchev–Trinajstić information content (AvgIpc) is 3.03. The Labute approximate surface area is 159 Å². The molecule has 1 aliphatic rings. The van der Waals surface area contributed by atoms with Gasteiger partial charge in [0.25, 0.3) is 0 Å². The molecule has 3 N–H and O–H groups in total. The molecule has 136 valence electrons. The molecule has 1 atom stereocenters. The lowest BCUT2D eigenvalue weighted by atomic mass is 9.83. The Balaban J connectivity index is 2.26. The largest absolute Gasteiger partial charge is 0.493 e. The summed E-state index contributed by atoms with van der Waals surface area (Å²) in [5.41, 5.74) is 8.91. The van der Waals surface area contributed by atoms with E-state index in [1.54, 1.807) is 14.2 Å². The first-order valence-corrected chi connectivity index (χ1v) is 8.91. The van der Waals surface area contributed by atoms with Crippen molar-refractivity contribution in [2.75, 3.05) is 14.2 Å². The molecule has 7 nitrogen and oxygen atoms in total. The van der Waals surface area contributed by atoms with Crippen LogP contribution in [0.25, 0.3) is 0 Å². The maximum absolute atomic E-state index is 9.73. The molecule has 1 aromatic heterocycles. The molecular formula is C18H19BrN4O3. The first kappa shape index (κ1) is 18.1. The van der Waals surface area contributed by atoms with Crippen LogP contribution in [-0.4, -0.2) is 24.4 Å². The van der Waals surface area contributed by atoms with Crippen molar-refractivity contribution in [1.82, 2.24) is 10.2 Å². The van der Waals surface area contributed by atoms with Gasteiger partial charge in [-0.3, -0.25) is 5.10 Å². The zero-order chi connectivity index (χ0) is 18.8. The second-order valence-electron chi connectivity index (χ2n) is 5.82. The Morgan fingerprint density at radius 2 is 2.04 bits per heavy atom. The highest BCUT2D eigenvalue weighted by molar-refractivity contribution is 9.10. The molecule has 0 saturated heterocycles. The lowest BCUT2D eigenvalue weighted by molar-refractivity contribution is 0.353. The summed E-state index contributed by atoms with van der Waals surface area (Å²) in [6, 6.07) is 5.85. The molecule has 0 fully saturated rings. The number of nitriles is 1.